The minimum Gasteiger partial charge on any atom is -0.370 e. The number of carbonyl (C=O) groups is 2. The van der Waals surface area contributed by atoms with Crippen molar-refractivity contribution in [1.82, 2.24) is 5.43 Å². The molecule has 72 valence electrons. The number of carbonyl (C=O) groups excluding carboxylic acids is 2. The zero-order chi connectivity index (χ0) is 9.69. The Hall–Kier alpha value is -1.10. The third-order valence-corrected chi connectivity index (χ3v) is 3.30. The molecule has 0 aliphatic heterocycles. The predicted octanol–water partition coefficient (Wildman–Crippen LogP) is -0.978. The third kappa shape index (κ3) is 0.966. The van der Waals surface area contributed by atoms with Gasteiger partial charge >= 0.3 is 0 Å². The van der Waals surface area contributed by atoms with E-state index in [1.807, 2.05) is 0 Å². The van der Waals surface area contributed by atoms with Crippen LogP contribution in [0.15, 0.2) is 0 Å². The summed E-state index contributed by atoms with van der Waals surface area (Å²) in [6.45, 7) is 0. The van der Waals surface area contributed by atoms with Crippen molar-refractivity contribution in [2.24, 2.45) is 22.4 Å². The molecule has 3 aliphatic carbocycles. The minimum absolute atomic E-state index is 0.0400. The average Bonchev–Trinajstić information content (AvgIpc) is 1.92. The molecule has 3 rings (SSSR count). The summed E-state index contributed by atoms with van der Waals surface area (Å²) in [7, 11) is 0. The SMILES string of the molecule is NNC(=O)C12CC(CC(N)=O)(C1)C2. The number of amides is 2. The Morgan fingerprint density at radius 2 is 1.85 bits per heavy atom. The van der Waals surface area contributed by atoms with Gasteiger partial charge in [0.15, 0.2) is 0 Å². The van der Waals surface area contributed by atoms with Crippen LogP contribution in [0.2, 0.25) is 0 Å². The molecule has 2 bridgehead atoms. The van der Waals surface area contributed by atoms with Gasteiger partial charge in [-0.25, -0.2) is 5.84 Å². The first-order valence-corrected chi connectivity index (χ1v) is 4.31. The van der Waals surface area contributed by atoms with Crippen LogP contribution in [-0.4, -0.2) is 11.8 Å². The number of hydrogen-bond acceptors (Lipinski definition) is 3. The molecular weight excluding hydrogens is 170 g/mol. The second-order valence-corrected chi connectivity index (χ2v) is 4.43. The van der Waals surface area contributed by atoms with Crippen LogP contribution in [0.25, 0.3) is 0 Å². The molecule has 0 aromatic carbocycles. The molecule has 0 radical (unpaired) electrons. The summed E-state index contributed by atoms with van der Waals surface area (Å²) in [4.78, 5) is 21.9. The molecule has 0 saturated heterocycles. The van der Waals surface area contributed by atoms with Crippen LogP contribution < -0.4 is 17.0 Å². The van der Waals surface area contributed by atoms with Gasteiger partial charge in [-0.05, 0) is 24.7 Å². The van der Waals surface area contributed by atoms with Crippen LogP contribution in [0.4, 0.5) is 0 Å². The molecular formula is C8H13N3O2. The lowest BCUT2D eigenvalue weighted by Gasteiger charge is -2.69. The largest absolute Gasteiger partial charge is 0.370 e. The maximum Gasteiger partial charge on any atom is 0.240 e. The Bertz CT molecular complexity index is 267. The standard InChI is InChI=1S/C8H13N3O2/c9-5(12)1-7-2-8(3-7,4-7)6(13)11-10/h1-4,10H2,(H2,9,12)(H,11,13). The van der Waals surface area contributed by atoms with Gasteiger partial charge in [0.05, 0.1) is 5.41 Å². The van der Waals surface area contributed by atoms with E-state index in [0.29, 0.717) is 6.42 Å². The van der Waals surface area contributed by atoms with Gasteiger partial charge in [0.25, 0.3) is 0 Å². The van der Waals surface area contributed by atoms with E-state index in [9.17, 15) is 9.59 Å². The van der Waals surface area contributed by atoms with Crippen molar-refractivity contribution in [2.45, 2.75) is 25.7 Å². The highest BCUT2D eigenvalue weighted by Crippen LogP contribution is 2.74. The lowest BCUT2D eigenvalue weighted by atomic mass is 9.34. The number of hydrazine groups is 1. The van der Waals surface area contributed by atoms with Crippen molar-refractivity contribution >= 4 is 11.8 Å². The maximum absolute atomic E-state index is 11.2. The lowest BCUT2D eigenvalue weighted by Crippen LogP contribution is -2.69. The Labute approximate surface area is 75.8 Å². The maximum atomic E-state index is 11.2. The van der Waals surface area contributed by atoms with E-state index in [1.54, 1.807) is 0 Å². The molecule has 0 aromatic rings. The highest BCUT2D eigenvalue weighted by Gasteiger charge is 2.71. The first-order valence-electron chi connectivity index (χ1n) is 4.31. The molecule has 5 nitrogen and oxygen atoms in total. The van der Waals surface area contributed by atoms with Gasteiger partial charge in [-0.15, -0.1) is 0 Å². The summed E-state index contributed by atoms with van der Waals surface area (Å²) >= 11 is 0. The quantitative estimate of drug-likeness (QED) is 0.298. The smallest absolute Gasteiger partial charge is 0.240 e. The first kappa shape index (κ1) is 8.50. The van der Waals surface area contributed by atoms with Gasteiger partial charge < -0.3 is 5.73 Å². The van der Waals surface area contributed by atoms with E-state index < -0.39 is 0 Å². The van der Waals surface area contributed by atoms with Crippen molar-refractivity contribution in [1.29, 1.82) is 0 Å². The van der Waals surface area contributed by atoms with Crippen LogP contribution in [0.5, 0.6) is 0 Å². The highest BCUT2D eigenvalue weighted by molar-refractivity contribution is 5.87. The number of hydrogen-bond donors (Lipinski definition) is 3. The summed E-state index contributed by atoms with van der Waals surface area (Å²) in [5, 5.41) is 0. The molecule has 0 heterocycles. The second kappa shape index (κ2) is 2.23. The number of nitrogens with two attached hydrogens (primary N) is 2. The van der Waals surface area contributed by atoms with Crippen molar-refractivity contribution in [3.63, 3.8) is 0 Å². The lowest BCUT2D eigenvalue weighted by molar-refractivity contribution is -0.209. The van der Waals surface area contributed by atoms with Gasteiger partial charge in [0.1, 0.15) is 0 Å². The summed E-state index contributed by atoms with van der Waals surface area (Å²) in [5.74, 6) is 4.67. The molecule has 5 heteroatoms. The second-order valence-electron chi connectivity index (χ2n) is 4.43. The van der Waals surface area contributed by atoms with Gasteiger partial charge in [0, 0.05) is 6.42 Å². The van der Waals surface area contributed by atoms with Crippen molar-refractivity contribution in [3.8, 4) is 0 Å². The van der Waals surface area contributed by atoms with Crippen molar-refractivity contribution in [3.05, 3.63) is 0 Å². The Morgan fingerprint density at radius 1 is 1.31 bits per heavy atom. The molecule has 0 unspecified atom stereocenters. The summed E-state index contributed by atoms with van der Waals surface area (Å²) in [6, 6.07) is 0. The van der Waals surface area contributed by atoms with Crippen LogP contribution in [0.3, 0.4) is 0 Å². The van der Waals surface area contributed by atoms with E-state index in [4.69, 9.17) is 11.6 Å². The molecule has 0 aromatic heterocycles. The fourth-order valence-corrected chi connectivity index (χ4v) is 2.95. The first-order chi connectivity index (χ1) is 6.02. The molecule has 0 spiro atoms. The van der Waals surface area contributed by atoms with Crippen LogP contribution in [-0.2, 0) is 9.59 Å². The van der Waals surface area contributed by atoms with Crippen LogP contribution in [0, 0.1) is 10.8 Å². The predicted molar refractivity (Wildman–Crippen MR) is 44.9 cm³/mol. The van der Waals surface area contributed by atoms with E-state index in [0.717, 1.165) is 19.3 Å². The van der Waals surface area contributed by atoms with Crippen molar-refractivity contribution in [2.75, 3.05) is 0 Å². The minimum atomic E-state index is -0.276. The zero-order valence-corrected chi connectivity index (χ0v) is 7.30. The van der Waals surface area contributed by atoms with E-state index in [-0.39, 0.29) is 22.6 Å². The van der Waals surface area contributed by atoms with Crippen molar-refractivity contribution < 1.29 is 9.59 Å². The molecule has 3 aliphatic rings. The van der Waals surface area contributed by atoms with Gasteiger partial charge in [-0.1, -0.05) is 0 Å². The van der Waals surface area contributed by atoms with Gasteiger partial charge in [0.2, 0.25) is 11.8 Å². The molecule has 3 fully saturated rings. The van der Waals surface area contributed by atoms with Crippen LogP contribution >= 0.6 is 0 Å². The number of primary amides is 1. The highest BCUT2D eigenvalue weighted by atomic mass is 16.2. The van der Waals surface area contributed by atoms with E-state index in [1.165, 1.54) is 0 Å². The number of rotatable bonds is 3. The van der Waals surface area contributed by atoms with Gasteiger partial charge in [-0.3, -0.25) is 15.0 Å². The molecule has 0 atom stereocenters. The van der Waals surface area contributed by atoms with Crippen LogP contribution in [0.1, 0.15) is 25.7 Å². The topological polar surface area (TPSA) is 98.2 Å². The number of nitrogens with one attached hydrogen (secondary N) is 1. The molecule has 2 amide bonds. The Balaban J connectivity index is 1.93. The molecule has 3 saturated carbocycles. The van der Waals surface area contributed by atoms with Gasteiger partial charge in [-0.2, -0.15) is 0 Å². The van der Waals surface area contributed by atoms with E-state index in [2.05, 4.69) is 5.43 Å². The fraction of sp³-hybridized carbons (Fsp3) is 0.750. The summed E-state index contributed by atoms with van der Waals surface area (Å²) in [5.41, 5.74) is 7.04. The third-order valence-electron chi connectivity index (χ3n) is 3.30. The monoisotopic (exact) mass is 183 g/mol. The fourth-order valence-electron chi connectivity index (χ4n) is 2.95. The average molecular weight is 183 g/mol. The van der Waals surface area contributed by atoms with E-state index >= 15 is 0 Å². The molecule has 13 heavy (non-hydrogen) atoms. The summed E-state index contributed by atoms with van der Waals surface area (Å²) in [6.07, 6.45) is 2.72. The molecule has 5 N–H and O–H groups in total. The zero-order valence-electron chi connectivity index (χ0n) is 7.30. The Morgan fingerprint density at radius 3 is 2.23 bits per heavy atom. The normalized spacial score (nSPS) is 40.1. The summed E-state index contributed by atoms with van der Waals surface area (Å²) < 4.78 is 0. The Kier molecular flexibility index (Phi) is 1.46.